The lowest BCUT2D eigenvalue weighted by molar-refractivity contribution is 0.669. The Kier molecular flexibility index (Phi) is 8.46. The van der Waals surface area contributed by atoms with E-state index in [2.05, 4.69) is 228 Å². The monoisotopic (exact) mass is 834 g/mol. The van der Waals surface area contributed by atoms with Gasteiger partial charge in [-0.25, -0.2) is 0 Å². The summed E-state index contributed by atoms with van der Waals surface area (Å²) in [5.41, 5.74) is 13.3. The fourth-order valence-corrected chi connectivity index (χ4v) is 11.0. The Labute approximate surface area is 375 Å². The van der Waals surface area contributed by atoms with Gasteiger partial charge < -0.3 is 14.2 Å². The van der Waals surface area contributed by atoms with Crippen LogP contribution in [0.5, 0.6) is 0 Å². The summed E-state index contributed by atoms with van der Waals surface area (Å²) in [5, 5.41) is 9.65. The van der Waals surface area contributed by atoms with Gasteiger partial charge in [0, 0.05) is 60.0 Å². The van der Waals surface area contributed by atoms with Gasteiger partial charge in [0.05, 0.1) is 5.69 Å². The maximum Gasteiger partial charge on any atom is 0.135 e. The van der Waals surface area contributed by atoms with Crippen molar-refractivity contribution in [2.45, 2.75) is 9.79 Å². The molecule has 0 saturated carbocycles. The van der Waals surface area contributed by atoms with E-state index in [0.29, 0.717) is 0 Å². The predicted molar refractivity (Wildman–Crippen MR) is 271 cm³/mol. The Morgan fingerprint density at radius 1 is 0.312 bits per heavy atom. The number of furan rings is 1. The Morgan fingerprint density at radius 3 is 1.83 bits per heavy atom. The predicted octanol–water partition coefficient (Wildman–Crippen LogP) is 17.8. The lowest BCUT2D eigenvalue weighted by Crippen LogP contribution is -2.11. The van der Waals surface area contributed by atoms with Gasteiger partial charge in [0.15, 0.2) is 0 Å². The molecule has 64 heavy (non-hydrogen) atoms. The van der Waals surface area contributed by atoms with Crippen molar-refractivity contribution >= 4 is 100 Å². The average Bonchev–Trinajstić information content (AvgIpc) is 3.73. The summed E-state index contributed by atoms with van der Waals surface area (Å²) in [6.45, 7) is 0. The maximum atomic E-state index is 6.31. The highest BCUT2D eigenvalue weighted by Crippen LogP contribution is 2.52. The van der Waals surface area contributed by atoms with Crippen LogP contribution in [-0.2, 0) is 0 Å². The molecular formula is C60H38N2OS. The molecule has 12 aromatic rings. The largest absolute Gasteiger partial charge is 0.456 e. The topological polar surface area (TPSA) is 19.6 Å². The van der Waals surface area contributed by atoms with E-state index in [4.69, 9.17) is 4.42 Å². The van der Waals surface area contributed by atoms with Crippen LogP contribution in [0.1, 0.15) is 0 Å². The number of para-hydroxylation sites is 3. The van der Waals surface area contributed by atoms with Gasteiger partial charge in [0.1, 0.15) is 11.2 Å². The molecule has 0 spiro atoms. The van der Waals surface area contributed by atoms with Crippen LogP contribution in [0, 0.1) is 0 Å². The number of hydrogen-bond donors (Lipinski definition) is 0. The number of anilines is 6. The third kappa shape index (κ3) is 5.99. The zero-order chi connectivity index (χ0) is 42.1. The number of rotatable bonds is 7. The van der Waals surface area contributed by atoms with Gasteiger partial charge in [0.2, 0.25) is 0 Å². The van der Waals surface area contributed by atoms with Gasteiger partial charge in [-0.2, -0.15) is 0 Å². The standard InChI is InChI=1S/C60H38N2OS/c1-3-15-40(16-4-1)48-20-9-11-23-55(48)62(46-31-33-57-53(37-46)49-21-10-12-24-56(49)63-57)45-29-27-42-35-54-50-32-30-47(38-59(50)64-58-25-13-22-51(60(54)58)52(42)36-45)61(43-18-5-2-6-19-43)44-28-26-39-14-7-8-17-41(39)34-44/h1-38H. The number of benzene rings is 11. The second kappa shape index (κ2) is 14.8. The fraction of sp³-hybridized carbons (Fsp3) is 0. The van der Waals surface area contributed by atoms with Crippen molar-refractivity contribution in [1.82, 2.24) is 0 Å². The second-order valence-electron chi connectivity index (χ2n) is 16.5. The first-order chi connectivity index (χ1) is 31.7. The Balaban J connectivity index is 0.970. The molecule has 1 aliphatic rings. The highest BCUT2D eigenvalue weighted by molar-refractivity contribution is 7.99. The molecule has 0 unspecified atom stereocenters. The zero-order valence-electron chi connectivity index (χ0n) is 34.7. The normalized spacial score (nSPS) is 12.0. The number of hydrogen-bond acceptors (Lipinski definition) is 4. The quantitative estimate of drug-likeness (QED) is 0.149. The van der Waals surface area contributed by atoms with Crippen LogP contribution < -0.4 is 9.80 Å². The van der Waals surface area contributed by atoms with Crippen LogP contribution in [0.25, 0.3) is 76.5 Å². The minimum atomic E-state index is 0.881. The fourth-order valence-electron chi connectivity index (χ4n) is 9.83. The molecule has 0 atom stereocenters. The van der Waals surface area contributed by atoms with Crippen LogP contribution in [0.15, 0.2) is 245 Å². The summed E-state index contributed by atoms with van der Waals surface area (Å²) in [4.78, 5) is 7.31. The number of fused-ring (bicyclic) bond motifs is 8. The SMILES string of the molecule is c1ccc(-c2ccccc2N(c2ccc3cc4c5c(cccc5c3c2)Sc2cc(N(c3ccccc3)c3ccc5ccccc5c3)ccc2-4)c2ccc3oc4ccccc4c3c2)cc1. The van der Waals surface area contributed by atoms with Crippen LogP contribution in [0.2, 0.25) is 0 Å². The molecule has 0 N–H and O–H groups in total. The van der Waals surface area contributed by atoms with Crippen molar-refractivity contribution in [1.29, 1.82) is 0 Å². The molecule has 300 valence electrons. The van der Waals surface area contributed by atoms with E-state index in [1.807, 2.05) is 23.9 Å². The summed E-state index contributed by atoms with van der Waals surface area (Å²) in [5.74, 6) is 0. The molecule has 0 bridgehead atoms. The summed E-state index contributed by atoms with van der Waals surface area (Å²) >= 11 is 1.87. The van der Waals surface area contributed by atoms with Crippen LogP contribution in [0.3, 0.4) is 0 Å². The number of nitrogens with zero attached hydrogens (tertiary/aromatic N) is 2. The van der Waals surface area contributed by atoms with Crippen molar-refractivity contribution in [3.8, 4) is 22.3 Å². The maximum absolute atomic E-state index is 6.31. The van der Waals surface area contributed by atoms with Crippen molar-refractivity contribution in [3.05, 3.63) is 231 Å². The van der Waals surface area contributed by atoms with E-state index in [9.17, 15) is 0 Å². The summed E-state index contributed by atoms with van der Waals surface area (Å²) in [7, 11) is 0. The van der Waals surface area contributed by atoms with E-state index < -0.39 is 0 Å². The molecule has 0 aliphatic carbocycles. The Bertz CT molecular complexity index is 3780. The van der Waals surface area contributed by atoms with Gasteiger partial charge in [-0.3, -0.25) is 0 Å². The molecule has 0 radical (unpaired) electrons. The molecule has 2 heterocycles. The third-order valence-corrected chi connectivity index (χ3v) is 13.9. The third-order valence-electron chi connectivity index (χ3n) is 12.8. The first-order valence-corrected chi connectivity index (χ1v) is 22.6. The summed E-state index contributed by atoms with van der Waals surface area (Å²) in [6, 6.07) is 83.6. The van der Waals surface area contributed by atoms with Crippen molar-refractivity contribution in [2.75, 3.05) is 9.80 Å². The molecule has 3 nitrogen and oxygen atoms in total. The van der Waals surface area contributed by atoms with E-state index >= 15 is 0 Å². The summed E-state index contributed by atoms with van der Waals surface area (Å²) < 4.78 is 6.31. The lowest BCUT2D eigenvalue weighted by atomic mass is 9.92. The van der Waals surface area contributed by atoms with Crippen molar-refractivity contribution < 1.29 is 4.42 Å². The smallest absolute Gasteiger partial charge is 0.135 e. The molecule has 1 aromatic heterocycles. The molecule has 0 saturated heterocycles. The van der Waals surface area contributed by atoms with Crippen molar-refractivity contribution in [2.24, 2.45) is 0 Å². The van der Waals surface area contributed by atoms with Crippen LogP contribution in [-0.4, -0.2) is 0 Å². The minimum Gasteiger partial charge on any atom is -0.456 e. The van der Waals surface area contributed by atoms with Crippen molar-refractivity contribution in [3.63, 3.8) is 0 Å². The van der Waals surface area contributed by atoms with E-state index in [0.717, 1.165) is 61.6 Å². The van der Waals surface area contributed by atoms with Crippen LogP contribution >= 0.6 is 11.8 Å². The second-order valence-corrected chi connectivity index (χ2v) is 17.6. The first-order valence-electron chi connectivity index (χ1n) is 21.7. The Morgan fingerprint density at radius 2 is 0.953 bits per heavy atom. The molecule has 0 amide bonds. The van der Waals surface area contributed by atoms with Crippen LogP contribution in [0.4, 0.5) is 34.1 Å². The van der Waals surface area contributed by atoms with Gasteiger partial charge in [-0.1, -0.05) is 151 Å². The van der Waals surface area contributed by atoms with E-state index in [-0.39, 0.29) is 0 Å². The average molecular weight is 835 g/mol. The molecule has 13 rings (SSSR count). The van der Waals surface area contributed by atoms with Gasteiger partial charge in [-0.15, -0.1) is 0 Å². The van der Waals surface area contributed by atoms with Gasteiger partial charge in [0.25, 0.3) is 0 Å². The molecule has 4 heteroatoms. The van der Waals surface area contributed by atoms with Gasteiger partial charge >= 0.3 is 0 Å². The summed E-state index contributed by atoms with van der Waals surface area (Å²) in [6.07, 6.45) is 0. The zero-order valence-corrected chi connectivity index (χ0v) is 35.5. The van der Waals surface area contributed by atoms with Gasteiger partial charge in [-0.05, 0) is 135 Å². The van der Waals surface area contributed by atoms with E-state index in [1.54, 1.807) is 0 Å². The molecule has 11 aromatic carbocycles. The first kappa shape index (κ1) is 36.6. The Hall–Kier alpha value is -8.05. The molecular weight excluding hydrogens is 797 g/mol. The minimum absolute atomic E-state index is 0.881. The van der Waals surface area contributed by atoms with E-state index in [1.165, 1.54) is 58.8 Å². The highest BCUT2D eigenvalue weighted by atomic mass is 32.2. The highest BCUT2D eigenvalue weighted by Gasteiger charge is 2.25. The molecule has 1 aliphatic heterocycles. The molecule has 0 fully saturated rings. The lowest BCUT2D eigenvalue weighted by Gasteiger charge is -2.29.